The molecule has 2 unspecified atom stereocenters. The number of halogens is 2. The molecule has 7 nitrogen and oxygen atoms in total. The van der Waals surface area contributed by atoms with Crippen molar-refractivity contribution in [3.05, 3.63) is 57.6 Å². The smallest absolute Gasteiger partial charge is 0.341 e. The molecule has 3 aromatic rings. The number of carboxylic acid groups (broad SMARTS) is 1. The maximum atomic E-state index is 13.2. The van der Waals surface area contributed by atoms with Crippen molar-refractivity contribution in [2.45, 2.75) is 51.6 Å². The van der Waals surface area contributed by atoms with E-state index in [1.807, 2.05) is 10.6 Å². The van der Waals surface area contributed by atoms with Crippen LogP contribution in [0.4, 0.5) is 8.78 Å². The number of ether oxygens (including phenoxy) is 1. The molecule has 2 aromatic heterocycles. The molecule has 0 amide bonds. The molecule has 0 spiro atoms. The number of fused-ring (bicyclic) bond motifs is 8. The SMILES string of the molecule is CC1(C)CCC2c3cc(-c4cnn(C(F)F)c4)c4c(c3-c3cc(=O)c(C(=O)O)cn3C21)CCO4. The van der Waals surface area contributed by atoms with Gasteiger partial charge in [0, 0.05) is 59.1 Å². The van der Waals surface area contributed by atoms with Gasteiger partial charge >= 0.3 is 12.5 Å². The van der Waals surface area contributed by atoms with Crippen LogP contribution in [0.2, 0.25) is 0 Å². The number of benzene rings is 1. The van der Waals surface area contributed by atoms with E-state index in [4.69, 9.17) is 4.74 Å². The largest absolute Gasteiger partial charge is 0.492 e. The van der Waals surface area contributed by atoms with Crippen LogP contribution in [0.5, 0.6) is 5.75 Å². The van der Waals surface area contributed by atoms with Gasteiger partial charge in [-0.15, -0.1) is 0 Å². The van der Waals surface area contributed by atoms with Crippen LogP contribution in [-0.4, -0.2) is 32.0 Å². The molecule has 0 radical (unpaired) electrons. The van der Waals surface area contributed by atoms with Crippen LogP contribution in [0.25, 0.3) is 22.4 Å². The van der Waals surface area contributed by atoms with E-state index in [1.54, 1.807) is 0 Å². The summed E-state index contributed by atoms with van der Waals surface area (Å²) >= 11 is 0. The summed E-state index contributed by atoms with van der Waals surface area (Å²) in [4.78, 5) is 24.5. The Morgan fingerprint density at radius 3 is 2.79 bits per heavy atom. The van der Waals surface area contributed by atoms with Crippen LogP contribution >= 0.6 is 0 Å². The van der Waals surface area contributed by atoms with E-state index in [1.165, 1.54) is 24.7 Å². The van der Waals surface area contributed by atoms with Gasteiger partial charge in [0.15, 0.2) is 5.43 Å². The number of rotatable bonds is 3. The lowest BCUT2D eigenvalue weighted by Crippen LogP contribution is -2.32. The highest BCUT2D eigenvalue weighted by molar-refractivity contribution is 5.89. The zero-order chi connectivity index (χ0) is 23.9. The zero-order valence-electron chi connectivity index (χ0n) is 18.7. The number of carboxylic acids is 1. The summed E-state index contributed by atoms with van der Waals surface area (Å²) < 4.78 is 35.0. The molecule has 1 saturated carbocycles. The molecule has 1 aromatic carbocycles. The molecule has 0 bridgehead atoms. The number of nitrogens with zero attached hydrogens (tertiary/aromatic N) is 3. The summed E-state index contributed by atoms with van der Waals surface area (Å²) in [6.07, 6.45) is 6.69. The van der Waals surface area contributed by atoms with E-state index in [-0.39, 0.29) is 22.9 Å². The predicted octanol–water partition coefficient (Wildman–Crippen LogP) is 4.87. The maximum Gasteiger partial charge on any atom is 0.341 e. The standard InChI is InChI=1S/C25H23F2N3O4/c1-25(2)5-3-13-16-7-15(12-9-28-30(10-12)24(26)27)21-14(4-6-34-21)20(16)18-8-19(31)17(23(32)33)11-29(18)22(13)25/h7-11,13,22,24H,3-6H2,1-2H3,(H,32,33). The van der Waals surface area contributed by atoms with Crippen molar-refractivity contribution in [2.24, 2.45) is 5.41 Å². The lowest BCUT2D eigenvalue weighted by molar-refractivity contribution is 0.0566. The molecular weight excluding hydrogens is 444 g/mol. The zero-order valence-corrected chi connectivity index (χ0v) is 18.7. The van der Waals surface area contributed by atoms with Crippen molar-refractivity contribution in [2.75, 3.05) is 6.61 Å². The second-order valence-electron chi connectivity index (χ2n) is 10.0. The molecule has 176 valence electrons. The van der Waals surface area contributed by atoms with Crippen LogP contribution in [0.1, 0.15) is 66.7 Å². The summed E-state index contributed by atoms with van der Waals surface area (Å²) in [5.41, 5.74) is 3.96. The van der Waals surface area contributed by atoms with E-state index in [0.29, 0.717) is 34.7 Å². The third-order valence-electron chi connectivity index (χ3n) is 7.67. The number of alkyl halides is 2. The maximum absolute atomic E-state index is 13.2. The molecule has 34 heavy (non-hydrogen) atoms. The number of pyridine rings is 1. The van der Waals surface area contributed by atoms with Crippen molar-refractivity contribution in [1.82, 2.24) is 14.3 Å². The Hall–Kier alpha value is -3.49. The van der Waals surface area contributed by atoms with E-state index in [9.17, 15) is 23.5 Å². The third-order valence-corrected chi connectivity index (χ3v) is 7.67. The van der Waals surface area contributed by atoms with Crippen LogP contribution in [0, 0.1) is 5.41 Å². The first-order valence-electron chi connectivity index (χ1n) is 11.3. The first-order chi connectivity index (χ1) is 16.2. The molecule has 9 heteroatoms. The summed E-state index contributed by atoms with van der Waals surface area (Å²) in [6, 6.07) is 3.40. The van der Waals surface area contributed by atoms with Crippen molar-refractivity contribution < 1.29 is 23.4 Å². The first kappa shape index (κ1) is 21.1. The van der Waals surface area contributed by atoms with Crippen LogP contribution < -0.4 is 10.2 Å². The Kier molecular flexibility index (Phi) is 4.34. The minimum absolute atomic E-state index is 0.0364. The van der Waals surface area contributed by atoms with E-state index >= 15 is 0 Å². The van der Waals surface area contributed by atoms with Crippen molar-refractivity contribution in [3.63, 3.8) is 0 Å². The number of aromatic carboxylic acids is 1. The molecule has 1 fully saturated rings. The van der Waals surface area contributed by atoms with Crippen molar-refractivity contribution >= 4 is 5.97 Å². The Balaban J connectivity index is 1.66. The van der Waals surface area contributed by atoms with Crippen LogP contribution in [0.3, 0.4) is 0 Å². The average molecular weight is 467 g/mol. The predicted molar refractivity (Wildman–Crippen MR) is 120 cm³/mol. The Bertz CT molecular complexity index is 1420. The lowest BCUT2D eigenvalue weighted by atomic mass is 9.75. The number of aromatic nitrogens is 3. The van der Waals surface area contributed by atoms with Gasteiger partial charge in [0.2, 0.25) is 0 Å². The second-order valence-corrected chi connectivity index (χ2v) is 10.0. The van der Waals surface area contributed by atoms with Gasteiger partial charge < -0.3 is 14.4 Å². The minimum Gasteiger partial charge on any atom is -0.492 e. The van der Waals surface area contributed by atoms with Crippen LogP contribution in [-0.2, 0) is 6.42 Å². The molecule has 6 rings (SSSR count). The Labute approximate surface area is 193 Å². The molecule has 1 aliphatic carbocycles. The van der Waals surface area contributed by atoms with Gasteiger partial charge in [-0.25, -0.2) is 9.48 Å². The van der Waals surface area contributed by atoms with Gasteiger partial charge in [0.05, 0.1) is 18.5 Å². The van der Waals surface area contributed by atoms with E-state index in [2.05, 4.69) is 18.9 Å². The van der Waals surface area contributed by atoms with Gasteiger partial charge in [0.1, 0.15) is 11.3 Å². The summed E-state index contributed by atoms with van der Waals surface area (Å²) in [7, 11) is 0. The quantitative estimate of drug-likeness (QED) is 0.594. The molecule has 2 aliphatic heterocycles. The topological polar surface area (TPSA) is 86.4 Å². The summed E-state index contributed by atoms with van der Waals surface area (Å²) in [6.45, 7) is 2.03. The average Bonchev–Trinajstić information content (AvgIpc) is 3.51. The normalized spacial score (nSPS) is 21.6. The first-order valence-corrected chi connectivity index (χ1v) is 11.3. The van der Waals surface area contributed by atoms with Gasteiger partial charge in [0.25, 0.3) is 0 Å². The summed E-state index contributed by atoms with van der Waals surface area (Å²) in [5.74, 6) is -0.528. The lowest BCUT2D eigenvalue weighted by Gasteiger charge is -2.40. The second kappa shape index (κ2) is 7.01. The fraction of sp³-hybridized carbons (Fsp3) is 0.400. The summed E-state index contributed by atoms with van der Waals surface area (Å²) in [5, 5.41) is 13.4. The highest BCUT2D eigenvalue weighted by Gasteiger charge is 2.48. The minimum atomic E-state index is -2.73. The fourth-order valence-corrected chi connectivity index (χ4v) is 6.21. The Morgan fingerprint density at radius 2 is 2.09 bits per heavy atom. The number of hydrogen-bond donors (Lipinski definition) is 1. The third kappa shape index (κ3) is 2.82. The van der Waals surface area contributed by atoms with Crippen molar-refractivity contribution in [3.8, 4) is 28.1 Å². The van der Waals surface area contributed by atoms with Gasteiger partial charge in [-0.1, -0.05) is 13.8 Å². The monoisotopic (exact) mass is 467 g/mol. The van der Waals surface area contributed by atoms with E-state index < -0.39 is 17.9 Å². The number of hydrogen-bond acceptors (Lipinski definition) is 4. The highest BCUT2D eigenvalue weighted by Crippen LogP contribution is 2.61. The molecule has 1 N–H and O–H groups in total. The van der Waals surface area contributed by atoms with Gasteiger partial charge in [-0.3, -0.25) is 4.79 Å². The fourth-order valence-electron chi connectivity index (χ4n) is 6.21. The molecule has 2 atom stereocenters. The molecular formula is C25H23F2N3O4. The molecule has 3 aliphatic rings. The van der Waals surface area contributed by atoms with Gasteiger partial charge in [-0.2, -0.15) is 13.9 Å². The highest BCUT2D eigenvalue weighted by atomic mass is 19.3. The number of carbonyl (C=O) groups is 1. The van der Waals surface area contributed by atoms with E-state index in [0.717, 1.165) is 35.1 Å². The van der Waals surface area contributed by atoms with Crippen molar-refractivity contribution in [1.29, 1.82) is 0 Å². The van der Waals surface area contributed by atoms with Gasteiger partial charge in [-0.05, 0) is 29.9 Å². The molecule has 4 heterocycles. The molecule has 0 saturated heterocycles. The van der Waals surface area contributed by atoms with Crippen LogP contribution in [0.15, 0.2) is 35.5 Å². The Morgan fingerprint density at radius 1 is 1.29 bits per heavy atom.